The minimum atomic E-state index is -3.70. The summed E-state index contributed by atoms with van der Waals surface area (Å²) in [6.07, 6.45) is 1.86. The van der Waals surface area contributed by atoms with Crippen molar-refractivity contribution in [3.8, 4) is 0 Å². The first-order valence-corrected chi connectivity index (χ1v) is 10.4. The predicted molar refractivity (Wildman–Crippen MR) is 99.1 cm³/mol. The molecule has 3 aliphatic heterocycles. The van der Waals surface area contributed by atoms with Gasteiger partial charge in [-0.25, -0.2) is 13.2 Å². The first kappa shape index (κ1) is 16.3. The number of carbonyl (C=O) groups excluding carboxylic acids is 2. The van der Waals surface area contributed by atoms with Crippen LogP contribution < -0.4 is 10.6 Å². The van der Waals surface area contributed by atoms with Gasteiger partial charge in [-0.2, -0.15) is 0 Å². The molecule has 0 aromatic heterocycles. The first-order chi connectivity index (χ1) is 12.9. The Kier molecular flexibility index (Phi) is 3.36. The lowest BCUT2D eigenvalue weighted by Gasteiger charge is -2.24. The summed E-state index contributed by atoms with van der Waals surface area (Å²) in [7, 11) is -3.70. The van der Waals surface area contributed by atoms with Crippen molar-refractivity contribution < 1.29 is 18.0 Å². The summed E-state index contributed by atoms with van der Waals surface area (Å²) in [5, 5.41) is 5.37. The van der Waals surface area contributed by atoms with Crippen LogP contribution >= 0.6 is 0 Å². The molecule has 2 aromatic rings. The van der Waals surface area contributed by atoms with Crippen LogP contribution in [0.15, 0.2) is 47.4 Å². The second kappa shape index (κ2) is 5.56. The van der Waals surface area contributed by atoms with Gasteiger partial charge < -0.3 is 15.5 Å². The van der Waals surface area contributed by atoms with E-state index in [0.29, 0.717) is 5.69 Å². The Bertz CT molecular complexity index is 1060. The van der Waals surface area contributed by atoms with Crippen molar-refractivity contribution in [3.63, 3.8) is 0 Å². The van der Waals surface area contributed by atoms with E-state index < -0.39 is 21.5 Å². The number of hydrogen-bond donors (Lipinski definition) is 2. The molecular weight excluding hydrogens is 366 g/mol. The van der Waals surface area contributed by atoms with Crippen LogP contribution in [-0.2, 0) is 14.6 Å². The maximum atomic E-state index is 12.9. The van der Waals surface area contributed by atoms with Gasteiger partial charge in [-0.15, -0.1) is 0 Å². The van der Waals surface area contributed by atoms with Crippen molar-refractivity contribution in [3.05, 3.63) is 53.6 Å². The maximum Gasteiger partial charge on any atom is 0.322 e. The first-order valence-electron chi connectivity index (χ1n) is 8.79. The van der Waals surface area contributed by atoms with E-state index in [0.717, 1.165) is 12.8 Å². The van der Waals surface area contributed by atoms with Crippen LogP contribution in [0.25, 0.3) is 0 Å². The molecule has 7 nitrogen and oxygen atoms in total. The number of amides is 3. The zero-order valence-electron chi connectivity index (χ0n) is 14.3. The molecule has 5 rings (SSSR count). The van der Waals surface area contributed by atoms with Crippen molar-refractivity contribution in [1.29, 1.82) is 0 Å². The molecule has 2 atom stereocenters. The van der Waals surface area contributed by atoms with Gasteiger partial charge in [-0.1, -0.05) is 24.3 Å². The lowest BCUT2D eigenvalue weighted by atomic mass is 9.92. The third-order valence-electron chi connectivity index (χ3n) is 5.50. The van der Waals surface area contributed by atoms with E-state index in [4.69, 9.17) is 0 Å². The fourth-order valence-electron chi connectivity index (χ4n) is 4.41. The summed E-state index contributed by atoms with van der Waals surface area (Å²) in [4.78, 5) is 26.3. The number of urea groups is 1. The average Bonchev–Trinajstić information content (AvgIpc) is 3.19. The average molecular weight is 383 g/mol. The molecular formula is C19H17N3O4S. The summed E-state index contributed by atoms with van der Waals surface area (Å²) >= 11 is 0. The molecule has 0 radical (unpaired) electrons. The fourth-order valence-corrected chi connectivity index (χ4v) is 5.74. The third-order valence-corrected chi connectivity index (χ3v) is 7.15. The largest absolute Gasteiger partial charge is 0.324 e. The van der Waals surface area contributed by atoms with E-state index in [1.807, 2.05) is 17.0 Å². The van der Waals surface area contributed by atoms with Gasteiger partial charge >= 0.3 is 6.03 Å². The Balaban J connectivity index is 1.43. The summed E-state index contributed by atoms with van der Waals surface area (Å²) in [6, 6.07) is 12.5. The minimum Gasteiger partial charge on any atom is -0.324 e. The molecule has 2 unspecified atom stereocenters. The van der Waals surface area contributed by atoms with E-state index in [-0.39, 0.29) is 28.7 Å². The highest BCUT2D eigenvalue weighted by Crippen LogP contribution is 2.53. The third kappa shape index (κ3) is 2.43. The smallest absolute Gasteiger partial charge is 0.322 e. The molecule has 2 bridgehead atoms. The zero-order chi connectivity index (χ0) is 18.8. The van der Waals surface area contributed by atoms with Crippen LogP contribution in [0.4, 0.5) is 16.2 Å². The van der Waals surface area contributed by atoms with Gasteiger partial charge in [0.05, 0.1) is 22.7 Å². The summed E-state index contributed by atoms with van der Waals surface area (Å²) in [6.45, 7) is 0. The highest BCUT2D eigenvalue weighted by molar-refractivity contribution is 7.92. The molecule has 138 valence electrons. The van der Waals surface area contributed by atoms with Crippen molar-refractivity contribution >= 4 is 33.2 Å². The zero-order valence-corrected chi connectivity index (χ0v) is 15.1. The molecule has 0 saturated carbocycles. The van der Waals surface area contributed by atoms with Crippen molar-refractivity contribution in [2.45, 2.75) is 29.8 Å². The number of anilines is 2. The summed E-state index contributed by atoms with van der Waals surface area (Å²) in [5.74, 6) is -1.13. The molecule has 1 saturated heterocycles. The Hall–Kier alpha value is -2.87. The van der Waals surface area contributed by atoms with Gasteiger partial charge in [0.2, 0.25) is 5.91 Å². The molecule has 3 amide bonds. The molecule has 0 aliphatic carbocycles. The van der Waals surface area contributed by atoms with Crippen LogP contribution in [0.5, 0.6) is 0 Å². The fraction of sp³-hybridized carbons (Fsp3) is 0.263. The lowest BCUT2D eigenvalue weighted by Crippen LogP contribution is -2.33. The molecule has 3 heterocycles. The predicted octanol–water partition coefficient (Wildman–Crippen LogP) is 2.84. The van der Waals surface area contributed by atoms with E-state index in [1.165, 1.54) is 23.3 Å². The van der Waals surface area contributed by atoms with Gasteiger partial charge in [-0.05, 0) is 42.2 Å². The van der Waals surface area contributed by atoms with Crippen LogP contribution in [0.2, 0.25) is 0 Å². The molecule has 1 fully saturated rings. The van der Waals surface area contributed by atoms with Crippen molar-refractivity contribution in [2.75, 3.05) is 16.4 Å². The van der Waals surface area contributed by atoms with E-state index in [1.54, 1.807) is 6.07 Å². The molecule has 27 heavy (non-hydrogen) atoms. The maximum absolute atomic E-state index is 12.9. The highest BCUT2D eigenvalue weighted by Gasteiger charge is 2.46. The number of sulfone groups is 1. The van der Waals surface area contributed by atoms with E-state index in [2.05, 4.69) is 22.8 Å². The second-order valence-corrected chi connectivity index (χ2v) is 9.05. The Morgan fingerprint density at radius 3 is 2.41 bits per heavy atom. The van der Waals surface area contributed by atoms with E-state index in [9.17, 15) is 18.0 Å². The van der Waals surface area contributed by atoms with Crippen LogP contribution in [-0.4, -0.2) is 31.0 Å². The normalized spacial score (nSPS) is 24.1. The Labute approximate surface area is 156 Å². The van der Waals surface area contributed by atoms with Gasteiger partial charge in [0.25, 0.3) is 0 Å². The molecule has 8 heteroatoms. The van der Waals surface area contributed by atoms with Gasteiger partial charge in [0.1, 0.15) is 5.75 Å². The number of nitrogens with one attached hydrogen (secondary N) is 2. The number of fused-ring (bicyclic) bond motifs is 6. The number of benzene rings is 2. The number of rotatable bonds is 1. The van der Waals surface area contributed by atoms with Gasteiger partial charge in [0.15, 0.2) is 9.84 Å². The van der Waals surface area contributed by atoms with Crippen LogP contribution in [0.3, 0.4) is 0 Å². The molecule has 0 spiro atoms. The topological polar surface area (TPSA) is 95.6 Å². The molecule has 2 N–H and O–H groups in total. The molecule has 3 aliphatic rings. The monoisotopic (exact) mass is 383 g/mol. The second-order valence-electron chi connectivity index (χ2n) is 7.09. The molecule has 2 aromatic carbocycles. The highest BCUT2D eigenvalue weighted by atomic mass is 32.2. The number of carbonyl (C=O) groups is 2. The quantitative estimate of drug-likeness (QED) is 0.792. The van der Waals surface area contributed by atoms with Gasteiger partial charge in [-0.3, -0.25) is 4.79 Å². The summed E-state index contributed by atoms with van der Waals surface area (Å²) < 4.78 is 24.5. The summed E-state index contributed by atoms with van der Waals surface area (Å²) in [5.41, 5.74) is 3.03. The standard InChI is InChI=1S/C19H17N3O4S/c23-18-10-27(25,26)17-9-11(5-6-14(17)21-18)20-19(24)22-15-7-8-16(22)13-4-2-1-3-12(13)15/h1-6,9,15-16H,7-8,10H2,(H,20,24)(H,21,23). The van der Waals surface area contributed by atoms with Crippen LogP contribution in [0, 0.1) is 0 Å². The van der Waals surface area contributed by atoms with Crippen molar-refractivity contribution in [1.82, 2.24) is 4.90 Å². The van der Waals surface area contributed by atoms with Crippen LogP contribution in [0.1, 0.15) is 36.1 Å². The Morgan fingerprint density at radius 2 is 1.74 bits per heavy atom. The Morgan fingerprint density at radius 1 is 1.07 bits per heavy atom. The van der Waals surface area contributed by atoms with Gasteiger partial charge in [0, 0.05) is 5.69 Å². The SMILES string of the molecule is O=C1CS(=O)(=O)c2cc(NC(=O)N3C4CCC3c3ccccc34)ccc2N1. The minimum absolute atomic E-state index is 0.0348. The van der Waals surface area contributed by atoms with E-state index >= 15 is 0 Å². The number of nitrogens with zero attached hydrogens (tertiary/aromatic N) is 1. The lowest BCUT2D eigenvalue weighted by molar-refractivity contribution is -0.114. The van der Waals surface area contributed by atoms with Crippen molar-refractivity contribution in [2.24, 2.45) is 0 Å². The number of hydrogen-bond acceptors (Lipinski definition) is 4.